The number of ether oxygens (including phenoxy) is 3. The minimum atomic E-state index is 0.579. The Balaban J connectivity index is 1.89. The first kappa shape index (κ1) is 14.0. The molecule has 1 aromatic carbocycles. The number of hydrogen-bond donors (Lipinski definition) is 1. The van der Waals surface area contributed by atoms with Crippen molar-refractivity contribution in [2.45, 2.75) is 26.2 Å². The lowest BCUT2D eigenvalue weighted by Crippen LogP contribution is -2.21. The fourth-order valence-electron chi connectivity index (χ4n) is 2.11. The molecule has 0 spiro atoms. The molecule has 0 radical (unpaired) electrons. The molecule has 0 amide bonds. The van der Waals surface area contributed by atoms with Crippen LogP contribution < -0.4 is 15.2 Å². The molecule has 0 aromatic heterocycles. The molecule has 1 aromatic rings. The standard InChI is InChI=1S/C15H23NO3/c1-2-5-18-14-8-13(16)9-15(10-14)19-11-12-3-6-17-7-4-12/h8-10,12H,2-7,11,16H2,1H3. The third-order valence-corrected chi connectivity index (χ3v) is 3.20. The molecule has 0 atom stereocenters. The van der Waals surface area contributed by atoms with Crippen LogP contribution in [-0.2, 0) is 4.74 Å². The van der Waals surface area contributed by atoms with Crippen LogP contribution in [0.15, 0.2) is 18.2 Å². The molecule has 1 aliphatic rings. The zero-order valence-electron chi connectivity index (χ0n) is 11.6. The lowest BCUT2D eigenvalue weighted by Gasteiger charge is -2.22. The first-order chi connectivity index (χ1) is 9.28. The Morgan fingerprint density at radius 2 is 1.84 bits per heavy atom. The first-order valence-electron chi connectivity index (χ1n) is 7.02. The summed E-state index contributed by atoms with van der Waals surface area (Å²) in [6.07, 6.45) is 3.12. The Bertz CT molecular complexity index is 389. The maximum absolute atomic E-state index is 5.86. The molecular formula is C15H23NO3. The minimum absolute atomic E-state index is 0.579. The normalized spacial score (nSPS) is 16.3. The third kappa shape index (κ3) is 4.63. The van der Waals surface area contributed by atoms with E-state index in [4.69, 9.17) is 19.9 Å². The van der Waals surface area contributed by atoms with Crippen LogP contribution >= 0.6 is 0 Å². The van der Waals surface area contributed by atoms with Crippen LogP contribution in [0.5, 0.6) is 11.5 Å². The fourth-order valence-corrected chi connectivity index (χ4v) is 2.11. The van der Waals surface area contributed by atoms with Crippen LogP contribution in [0.1, 0.15) is 26.2 Å². The predicted octanol–water partition coefficient (Wildman–Crippen LogP) is 2.86. The number of rotatable bonds is 6. The second-order valence-corrected chi connectivity index (χ2v) is 4.95. The van der Waals surface area contributed by atoms with Gasteiger partial charge in [-0.3, -0.25) is 0 Å². The van der Waals surface area contributed by atoms with Crippen LogP contribution in [0.4, 0.5) is 5.69 Å². The number of hydrogen-bond acceptors (Lipinski definition) is 4. The molecule has 2 N–H and O–H groups in total. The molecule has 2 rings (SSSR count). The summed E-state index contributed by atoms with van der Waals surface area (Å²) in [6, 6.07) is 5.58. The van der Waals surface area contributed by atoms with Gasteiger partial charge in [0.2, 0.25) is 0 Å². The Kier molecular flexibility index (Phi) is 5.33. The topological polar surface area (TPSA) is 53.7 Å². The van der Waals surface area contributed by atoms with Crippen LogP contribution in [0.25, 0.3) is 0 Å². The van der Waals surface area contributed by atoms with Crippen molar-refractivity contribution < 1.29 is 14.2 Å². The molecule has 4 heteroatoms. The molecule has 1 heterocycles. The van der Waals surface area contributed by atoms with Gasteiger partial charge >= 0.3 is 0 Å². The zero-order valence-corrected chi connectivity index (χ0v) is 11.6. The van der Waals surface area contributed by atoms with Crippen LogP contribution in [0, 0.1) is 5.92 Å². The molecule has 1 saturated heterocycles. The second kappa shape index (κ2) is 7.24. The molecule has 1 aliphatic heterocycles. The van der Waals surface area contributed by atoms with Gasteiger partial charge in [-0.15, -0.1) is 0 Å². The van der Waals surface area contributed by atoms with Crippen molar-refractivity contribution in [3.8, 4) is 11.5 Å². The summed E-state index contributed by atoms with van der Waals surface area (Å²) in [7, 11) is 0. The van der Waals surface area contributed by atoms with Gasteiger partial charge in [0, 0.05) is 37.1 Å². The van der Waals surface area contributed by atoms with Crippen molar-refractivity contribution in [3.63, 3.8) is 0 Å². The van der Waals surface area contributed by atoms with E-state index >= 15 is 0 Å². The van der Waals surface area contributed by atoms with Crippen LogP contribution in [0.3, 0.4) is 0 Å². The summed E-state index contributed by atoms with van der Waals surface area (Å²) in [5, 5.41) is 0. The highest BCUT2D eigenvalue weighted by atomic mass is 16.5. The molecule has 0 unspecified atom stereocenters. The van der Waals surface area contributed by atoms with Crippen LogP contribution in [0.2, 0.25) is 0 Å². The molecule has 106 valence electrons. The van der Waals surface area contributed by atoms with E-state index in [1.807, 2.05) is 18.2 Å². The van der Waals surface area contributed by atoms with E-state index in [-0.39, 0.29) is 0 Å². The highest BCUT2D eigenvalue weighted by Crippen LogP contribution is 2.26. The fraction of sp³-hybridized carbons (Fsp3) is 0.600. The van der Waals surface area contributed by atoms with Gasteiger partial charge in [-0.2, -0.15) is 0 Å². The number of nitrogens with two attached hydrogens (primary N) is 1. The van der Waals surface area contributed by atoms with E-state index < -0.39 is 0 Å². The Morgan fingerprint density at radius 3 is 2.53 bits per heavy atom. The van der Waals surface area contributed by atoms with E-state index in [1.54, 1.807) is 0 Å². The molecule has 4 nitrogen and oxygen atoms in total. The van der Waals surface area contributed by atoms with E-state index in [2.05, 4.69) is 6.92 Å². The summed E-state index contributed by atoms with van der Waals surface area (Å²) >= 11 is 0. The Labute approximate surface area is 114 Å². The molecule has 0 bridgehead atoms. The van der Waals surface area contributed by atoms with Gasteiger partial charge in [-0.05, 0) is 25.2 Å². The monoisotopic (exact) mass is 265 g/mol. The minimum Gasteiger partial charge on any atom is -0.493 e. The smallest absolute Gasteiger partial charge is 0.125 e. The summed E-state index contributed by atoms with van der Waals surface area (Å²) in [6.45, 7) is 5.18. The van der Waals surface area contributed by atoms with Gasteiger partial charge in [0.05, 0.1) is 13.2 Å². The SMILES string of the molecule is CCCOc1cc(N)cc(OCC2CCOCC2)c1. The van der Waals surface area contributed by atoms with Crippen molar-refractivity contribution in [3.05, 3.63) is 18.2 Å². The lowest BCUT2D eigenvalue weighted by molar-refractivity contribution is 0.0497. The maximum Gasteiger partial charge on any atom is 0.125 e. The van der Waals surface area contributed by atoms with Crippen molar-refractivity contribution >= 4 is 5.69 Å². The van der Waals surface area contributed by atoms with Gasteiger partial charge in [-0.25, -0.2) is 0 Å². The van der Waals surface area contributed by atoms with Gasteiger partial charge in [0.25, 0.3) is 0 Å². The van der Waals surface area contributed by atoms with Crippen molar-refractivity contribution in [1.29, 1.82) is 0 Å². The summed E-state index contributed by atoms with van der Waals surface area (Å²) < 4.78 is 16.8. The first-order valence-corrected chi connectivity index (χ1v) is 7.02. The molecule has 1 fully saturated rings. The second-order valence-electron chi connectivity index (χ2n) is 4.95. The van der Waals surface area contributed by atoms with E-state index in [9.17, 15) is 0 Å². The number of anilines is 1. The Morgan fingerprint density at radius 1 is 1.16 bits per heavy atom. The quantitative estimate of drug-likeness (QED) is 0.804. The highest BCUT2D eigenvalue weighted by molar-refractivity contribution is 5.50. The Hall–Kier alpha value is -1.42. The molecule has 0 saturated carbocycles. The van der Waals surface area contributed by atoms with E-state index in [1.165, 1.54) is 0 Å². The number of nitrogen functional groups attached to an aromatic ring is 1. The van der Waals surface area contributed by atoms with E-state index in [0.29, 0.717) is 18.2 Å². The van der Waals surface area contributed by atoms with E-state index in [0.717, 1.165) is 50.6 Å². The van der Waals surface area contributed by atoms with Gasteiger partial charge < -0.3 is 19.9 Å². The maximum atomic E-state index is 5.86. The molecule has 19 heavy (non-hydrogen) atoms. The van der Waals surface area contributed by atoms with Gasteiger partial charge in [0.1, 0.15) is 11.5 Å². The summed E-state index contributed by atoms with van der Waals surface area (Å²) in [4.78, 5) is 0. The van der Waals surface area contributed by atoms with Gasteiger partial charge in [-0.1, -0.05) is 6.92 Å². The van der Waals surface area contributed by atoms with Gasteiger partial charge in [0.15, 0.2) is 0 Å². The van der Waals surface area contributed by atoms with Crippen molar-refractivity contribution in [2.75, 3.05) is 32.2 Å². The average Bonchev–Trinajstić information content (AvgIpc) is 2.43. The predicted molar refractivity (Wildman–Crippen MR) is 75.7 cm³/mol. The van der Waals surface area contributed by atoms with Crippen LogP contribution in [-0.4, -0.2) is 26.4 Å². The zero-order chi connectivity index (χ0) is 13.5. The van der Waals surface area contributed by atoms with Crippen molar-refractivity contribution in [2.24, 2.45) is 5.92 Å². The average molecular weight is 265 g/mol. The largest absolute Gasteiger partial charge is 0.493 e. The molecular weight excluding hydrogens is 242 g/mol. The van der Waals surface area contributed by atoms with Crippen molar-refractivity contribution in [1.82, 2.24) is 0 Å². The highest BCUT2D eigenvalue weighted by Gasteiger charge is 2.14. The summed E-state index contributed by atoms with van der Waals surface area (Å²) in [5.41, 5.74) is 6.54. The number of benzene rings is 1. The molecule has 0 aliphatic carbocycles. The lowest BCUT2D eigenvalue weighted by atomic mass is 10.0. The summed E-state index contributed by atoms with van der Waals surface area (Å²) in [5.74, 6) is 2.15. The third-order valence-electron chi connectivity index (χ3n) is 3.20.